The molecule has 0 spiro atoms. The van der Waals surface area contributed by atoms with Gasteiger partial charge in [0.1, 0.15) is 0 Å². The molecule has 0 saturated heterocycles. The molecule has 1 aromatic carbocycles. The molecule has 21 heavy (non-hydrogen) atoms. The zero-order valence-corrected chi connectivity index (χ0v) is 12.8. The van der Waals surface area contributed by atoms with Crippen LogP contribution in [0.2, 0.25) is 0 Å². The minimum Gasteiger partial charge on any atom is -0.383 e. The first kappa shape index (κ1) is 15.3. The highest BCUT2D eigenvalue weighted by Crippen LogP contribution is 2.25. The zero-order chi connectivity index (χ0) is 15.6. The molecule has 112 valence electrons. The van der Waals surface area contributed by atoms with Gasteiger partial charge in [-0.05, 0) is 19.9 Å². The Morgan fingerprint density at radius 3 is 2.67 bits per heavy atom. The number of amides is 1. The maximum atomic E-state index is 12.5. The predicted molar refractivity (Wildman–Crippen MR) is 81.5 cm³/mol. The van der Waals surface area contributed by atoms with Gasteiger partial charge in [0.2, 0.25) is 0 Å². The third-order valence-electron chi connectivity index (χ3n) is 3.63. The molecule has 2 rings (SSSR count). The topological polar surface area (TPSA) is 60.3 Å². The first-order valence-corrected chi connectivity index (χ1v) is 6.85. The Morgan fingerprint density at radius 2 is 2.00 bits per heavy atom. The van der Waals surface area contributed by atoms with Gasteiger partial charge in [-0.1, -0.05) is 18.2 Å². The van der Waals surface area contributed by atoms with Crippen LogP contribution in [0.25, 0.3) is 10.9 Å². The molecule has 1 atom stereocenters. The summed E-state index contributed by atoms with van der Waals surface area (Å²) in [6, 6.07) is 7.37. The Bertz CT molecular complexity index is 688. The van der Waals surface area contributed by atoms with Crippen molar-refractivity contribution >= 4 is 22.6 Å². The van der Waals surface area contributed by atoms with Crippen molar-refractivity contribution in [3.8, 4) is 0 Å². The number of ketones is 1. The van der Waals surface area contributed by atoms with Crippen LogP contribution in [0.4, 0.5) is 0 Å². The van der Waals surface area contributed by atoms with Gasteiger partial charge in [0.25, 0.3) is 11.7 Å². The number of methoxy groups -OCH3 is 1. The van der Waals surface area contributed by atoms with E-state index in [1.807, 2.05) is 42.8 Å². The molecular formula is C16H20N2O3. The second kappa shape index (κ2) is 6.10. The van der Waals surface area contributed by atoms with Gasteiger partial charge in [0.15, 0.2) is 0 Å². The summed E-state index contributed by atoms with van der Waals surface area (Å²) >= 11 is 0. The number of para-hydroxylation sites is 1. The van der Waals surface area contributed by atoms with E-state index in [0.29, 0.717) is 12.2 Å². The monoisotopic (exact) mass is 288 g/mol. The Morgan fingerprint density at radius 1 is 1.33 bits per heavy atom. The van der Waals surface area contributed by atoms with E-state index in [4.69, 9.17) is 4.74 Å². The van der Waals surface area contributed by atoms with Gasteiger partial charge in [-0.25, -0.2) is 0 Å². The summed E-state index contributed by atoms with van der Waals surface area (Å²) < 4.78 is 6.88. The molecule has 0 fully saturated rings. The Hall–Kier alpha value is -2.14. The lowest BCUT2D eigenvalue weighted by Gasteiger charge is -2.12. The number of hydrogen-bond donors (Lipinski definition) is 1. The number of rotatable bonds is 5. The maximum absolute atomic E-state index is 12.5. The number of aryl methyl sites for hydroxylation is 1. The number of nitrogens with one attached hydrogen (secondary N) is 1. The van der Waals surface area contributed by atoms with Gasteiger partial charge in [-0.3, -0.25) is 9.59 Å². The van der Waals surface area contributed by atoms with E-state index in [1.54, 1.807) is 14.0 Å². The van der Waals surface area contributed by atoms with Crippen LogP contribution >= 0.6 is 0 Å². The molecule has 0 aliphatic rings. The number of carbonyl (C=O) groups is 2. The lowest BCUT2D eigenvalue weighted by atomic mass is 10.1. The van der Waals surface area contributed by atoms with Crippen molar-refractivity contribution < 1.29 is 14.3 Å². The average molecular weight is 288 g/mol. The molecule has 1 amide bonds. The van der Waals surface area contributed by atoms with Gasteiger partial charge in [-0.2, -0.15) is 0 Å². The molecule has 5 heteroatoms. The normalized spacial score (nSPS) is 12.4. The molecule has 2 aromatic rings. The van der Waals surface area contributed by atoms with Gasteiger partial charge in [0.05, 0.1) is 12.2 Å². The Balaban J connectivity index is 2.36. The first-order chi connectivity index (χ1) is 9.97. The average Bonchev–Trinajstić information content (AvgIpc) is 2.71. The lowest BCUT2D eigenvalue weighted by molar-refractivity contribution is -0.117. The Kier molecular flexibility index (Phi) is 4.43. The molecule has 1 heterocycles. The van der Waals surface area contributed by atoms with Crippen LogP contribution in [0.3, 0.4) is 0 Å². The van der Waals surface area contributed by atoms with Crippen LogP contribution < -0.4 is 5.32 Å². The van der Waals surface area contributed by atoms with E-state index in [1.165, 1.54) is 0 Å². The van der Waals surface area contributed by atoms with Gasteiger partial charge in [0, 0.05) is 36.8 Å². The fraction of sp³-hybridized carbons (Fsp3) is 0.375. The minimum atomic E-state index is -0.598. The number of ether oxygens (including phenoxy) is 1. The summed E-state index contributed by atoms with van der Waals surface area (Å²) in [7, 11) is 3.44. The molecule has 0 aliphatic carbocycles. The van der Waals surface area contributed by atoms with Crippen molar-refractivity contribution in [2.75, 3.05) is 13.7 Å². The molecule has 0 bridgehead atoms. The zero-order valence-electron chi connectivity index (χ0n) is 12.8. The summed E-state index contributed by atoms with van der Waals surface area (Å²) in [5, 5.41) is 3.46. The number of aromatic nitrogens is 1. The fourth-order valence-electron chi connectivity index (χ4n) is 2.50. The number of nitrogens with zero attached hydrogens (tertiary/aromatic N) is 1. The van der Waals surface area contributed by atoms with Gasteiger partial charge in [-0.15, -0.1) is 0 Å². The molecule has 0 radical (unpaired) electrons. The highest BCUT2D eigenvalue weighted by atomic mass is 16.5. The number of fused-ring (bicyclic) bond motifs is 1. The second-order valence-corrected chi connectivity index (χ2v) is 5.20. The number of carbonyl (C=O) groups excluding carboxylic acids is 2. The van der Waals surface area contributed by atoms with Crippen molar-refractivity contribution in [1.29, 1.82) is 0 Å². The van der Waals surface area contributed by atoms with E-state index < -0.39 is 11.7 Å². The van der Waals surface area contributed by atoms with Crippen LogP contribution in [0.15, 0.2) is 24.3 Å². The molecule has 1 N–H and O–H groups in total. The van der Waals surface area contributed by atoms with Crippen molar-refractivity contribution in [2.45, 2.75) is 19.9 Å². The minimum absolute atomic E-state index is 0.207. The number of Topliss-reactive ketones (excluding diaryl/α,β-unsaturated/α-hetero) is 1. The van der Waals surface area contributed by atoms with Crippen molar-refractivity contribution in [1.82, 2.24) is 9.88 Å². The molecule has 0 aliphatic heterocycles. The molecule has 1 unspecified atom stereocenters. The van der Waals surface area contributed by atoms with Crippen molar-refractivity contribution in [3.63, 3.8) is 0 Å². The smallest absolute Gasteiger partial charge is 0.292 e. The van der Waals surface area contributed by atoms with Gasteiger partial charge < -0.3 is 14.6 Å². The van der Waals surface area contributed by atoms with Crippen LogP contribution in [0, 0.1) is 6.92 Å². The van der Waals surface area contributed by atoms with E-state index in [9.17, 15) is 9.59 Å². The lowest BCUT2D eigenvalue weighted by Crippen LogP contribution is -2.40. The summed E-state index contributed by atoms with van der Waals surface area (Å²) in [5.41, 5.74) is 2.20. The standard InChI is InChI=1S/C16H20N2O3/c1-10(9-21-4)17-16(20)15(19)14-11(2)18(3)13-8-6-5-7-12(13)14/h5-8,10H,9H2,1-4H3,(H,17,20). The third kappa shape index (κ3) is 2.83. The maximum Gasteiger partial charge on any atom is 0.292 e. The summed E-state index contributed by atoms with van der Waals surface area (Å²) in [5.74, 6) is -1.11. The van der Waals surface area contributed by atoms with Crippen LogP contribution in [-0.2, 0) is 16.6 Å². The fourth-order valence-corrected chi connectivity index (χ4v) is 2.50. The van der Waals surface area contributed by atoms with Crippen LogP contribution in [0.5, 0.6) is 0 Å². The quantitative estimate of drug-likeness (QED) is 0.674. The SMILES string of the molecule is COCC(C)NC(=O)C(=O)c1c(C)n(C)c2ccccc12. The largest absolute Gasteiger partial charge is 0.383 e. The predicted octanol–water partition coefficient (Wildman–Crippen LogP) is 1.82. The third-order valence-corrected chi connectivity index (χ3v) is 3.63. The first-order valence-electron chi connectivity index (χ1n) is 6.85. The van der Waals surface area contributed by atoms with Gasteiger partial charge >= 0.3 is 0 Å². The molecule has 5 nitrogen and oxygen atoms in total. The van der Waals surface area contributed by atoms with Crippen LogP contribution in [0.1, 0.15) is 23.0 Å². The number of benzene rings is 1. The summed E-state index contributed by atoms with van der Waals surface area (Å²) in [4.78, 5) is 24.6. The van der Waals surface area contributed by atoms with E-state index >= 15 is 0 Å². The van der Waals surface area contributed by atoms with E-state index in [0.717, 1.165) is 16.6 Å². The van der Waals surface area contributed by atoms with Crippen LogP contribution in [-0.4, -0.2) is 36.0 Å². The highest BCUT2D eigenvalue weighted by molar-refractivity contribution is 6.45. The molecular weight excluding hydrogens is 268 g/mol. The highest BCUT2D eigenvalue weighted by Gasteiger charge is 2.24. The number of hydrogen-bond acceptors (Lipinski definition) is 3. The van der Waals surface area contributed by atoms with Crippen molar-refractivity contribution in [2.24, 2.45) is 7.05 Å². The Labute approximate surface area is 123 Å². The summed E-state index contributed by atoms with van der Waals surface area (Å²) in [6.45, 7) is 4.01. The molecule has 1 aromatic heterocycles. The van der Waals surface area contributed by atoms with Crippen molar-refractivity contribution in [3.05, 3.63) is 35.5 Å². The molecule has 0 saturated carbocycles. The second-order valence-electron chi connectivity index (χ2n) is 5.20. The summed E-state index contributed by atoms with van der Waals surface area (Å²) in [6.07, 6.45) is 0. The van der Waals surface area contributed by atoms with E-state index in [2.05, 4.69) is 5.32 Å². The van der Waals surface area contributed by atoms with E-state index in [-0.39, 0.29) is 6.04 Å².